The number of hydrogen-bond acceptors (Lipinski definition) is 21. The molecular weight excluding hydrogens is 1770 g/mol. The number of nitro groups is 2. The molecule has 1 spiro atoms. The minimum Gasteiger partial charge on any atom is -0.493 e. The number of hydrazine groups is 2. The van der Waals surface area contributed by atoms with Crippen molar-refractivity contribution in [1.82, 2.24) is 16.3 Å². The number of nitrogens with one attached hydrogen (secondary N) is 3. The number of halogens is 18. The first kappa shape index (κ1) is 100. The molecule has 0 saturated heterocycles. The van der Waals surface area contributed by atoms with Crippen molar-refractivity contribution in [3.8, 4) is 17.2 Å². The molecule has 4 heterocycles. The lowest BCUT2D eigenvalue weighted by Gasteiger charge is -2.40. The Balaban J connectivity index is 0.000000291. The van der Waals surface area contributed by atoms with E-state index >= 15 is 0 Å². The van der Waals surface area contributed by atoms with E-state index in [1.807, 2.05) is 0 Å². The monoisotopic (exact) mass is 1830 g/mol. The minimum absolute atomic E-state index is 0. The lowest BCUT2D eigenvalue weighted by atomic mass is 9.87. The second kappa shape index (κ2) is 48.2. The van der Waals surface area contributed by atoms with Gasteiger partial charge in [0.2, 0.25) is 18.2 Å². The Hall–Kier alpha value is -10.0. The average Bonchev–Trinajstić information content (AvgIpc) is 1.55. The van der Waals surface area contributed by atoms with Crippen LogP contribution >= 0.6 is 108 Å². The summed E-state index contributed by atoms with van der Waals surface area (Å²) in [6.07, 6.45) is 3.84. The molecule has 7 N–H and O–H groups in total. The number of hydrogen-bond donors (Lipinski definition) is 5. The van der Waals surface area contributed by atoms with Crippen LogP contribution in [0, 0.1) is 119 Å². The fraction of sp³-hybridized carbons (Fsp3) is 0.173. The number of benzene rings is 9. The van der Waals surface area contributed by atoms with Crippen LogP contribution in [0.25, 0.3) is 0 Å². The summed E-state index contributed by atoms with van der Waals surface area (Å²) in [6, 6.07) is 29.3. The molecule has 13 rings (SSSR count). The molecule has 3 atom stereocenters. The highest BCUT2D eigenvalue weighted by molar-refractivity contribution is 8.23. The predicted octanol–water partition coefficient (Wildman–Crippen LogP) is 18.0. The molecule has 4 aliphatic heterocycles. The third-order valence-electron chi connectivity index (χ3n) is 15.7. The van der Waals surface area contributed by atoms with E-state index in [2.05, 4.69) is 45.8 Å². The first-order valence-electron chi connectivity index (χ1n) is 32.7. The van der Waals surface area contributed by atoms with Crippen molar-refractivity contribution >= 4 is 149 Å². The van der Waals surface area contributed by atoms with Crippen LogP contribution < -0.4 is 42.2 Å². The second-order valence-corrected chi connectivity index (χ2v) is 28.0. The molecule has 0 bridgehead atoms. The number of carbonyl (C=O) groups is 4. The van der Waals surface area contributed by atoms with E-state index in [0.29, 0.717) is 45.6 Å². The van der Waals surface area contributed by atoms with E-state index in [9.17, 15) is 105 Å². The predicted molar refractivity (Wildman–Crippen MR) is 432 cm³/mol. The van der Waals surface area contributed by atoms with E-state index < -0.39 is 130 Å². The zero-order valence-electron chi connectivity index (χ0n) is 60.2. The van der Waals surface area contributed by atoms with Gasteiger partial charge < -0.3 is 25.1 Å². The van der Waals surface area contributed by atoms with Gasteiger partial charge in [-0.15, -0.1) is 36.6 Å². The van der Waals surface area contributed by atoms with E-state index in [4.69, 9.17) is 49.7 Å². The molecule has 3 unspecified atom stereocenters. The number of thiocarbonyl (C=S) groups is 3. The number of ketones is 2. The summed E-state index contributed by atoms with van der Waals surface area (Å²) in [5, 5.41) is 24.0. The maximum absolute atomic E-state index is 14.2. The van der Waals surface area contributed by atoms with Crippen molar-refractivity contribution in [2.24, 2.45) is 28.6 Å². The molecule has 0 fully saturated rings. The average molecular weight is 1830 g/mol. The van der Waals surface area contributed by atoms with Crippen LogP contribution in [0.2, 0.25) is 0 Å². The van der Waals surface area contributed by atoms with Gasteiger partial charge in [0.1, 0.15) is 124 Å². The lowest BCUT2D eigenvalue weighted by Crippen LogP contribution is -2.47. The Bertz CT molecular complexity index is 4950. The molecule has 118 heavy (non-hydrogen) atoms. The molecule has 628 valence electrons. The van der Waals surface area contributed by atoms with Crippen LogP contribution in [0.1, 0.15) is 88.5 Å². The Morgan fingerprint density at radius 3 is 1.36 bits per heavy atom. The zero-order valence-corrected chi connectivity index (χ0v) is 67.5. The number of thioether (sulfide) groups is 3. The van der Waals surface area contributed by atoms with Crippen molar-refractivity contribution in [3.05, 3.63) is 321 Å². The summed E-state index contributed by atoms with van der Waals surface area (Å²) in [6.45, 7) is 0.0560. The molecule has 0 radical (unpaired) electrons. The summed E-state index contributed by atoms with van der Waals surface area (Å²) in [4.78, 5) is 63.5. The summed E-state index contributed by atoms with van der Waals surface area (Å²) in [7, 11) is 0. The fourth-order valence-corrected chi connectivity index (χ4v) is 12.8. The SMILES string of the molecule is CSC(=O)c1cc(F)ccc1F.CSC(=S)c1cc(F)ccc1F.Cl.Cl.NNC(=S)c1cc(F)ccc1F.NNC(=S)c1cc(F)ccc1F.O=C(Cl)c1cc(F)ccc1F.O=C1CCOc2ccc(F)cc21.O=C1c2cc(F)ccc2OCC1CC[N+](=O)[O-].O=[N+]([O-])CCC1COc2ccc(F)cc2C12NN=C(c1cc(F)ccc1F)S2. The van der Waals surface area contributed by atoms with Crippen LogP contribution in [-0.2, 0) is 4.87 Å². The number of rotatable bonds is 12. The van der Waals surface area contributed by atoms with Crippen LogP contribution in [0.4, 0.5) is 65.9 Å². The van der Waals surface area contributed by atoms with Gasteiger partial charge in [0.25, 0.3) is 5.24 Å². The molecule has 9 aromatic rings. The highest BCUT2D eigenvalue weighted by Crippen LogP contribution is 2.53. The molecule has 19 nitrogen and oxygen atoms in total. The molecular formula is C75H60Cl3F15N8O11S6. The number of fused-ring (bicyclic) bond motifs is 4. The second-order valence-electron chi connectivity index (χ2n) is 23.3. The maximum Gasteiger partial charge on any atom is 0.255 e. The molecule has 9 aromatic carbocycles. The Kier molecular flexibility index (Phi) is 40.9. The van der Waals surface area contributed by atoms with Crippen LogP contribution in [-0.4, -0.2) is 96.4 Å². The quantitative estimate of drug-likeness (QED) is 0.0190. The minimum atomic E-state index is -1.08. The van der Waals surface area contributed by atoms with Gasteiger partial charge in [-0.1, -0.05) is 60.2 Å². The van der Waals surface area contributed by atoms with Crippen molar-refractivity contribution in [3.63, 3.8) is 0 Å². The third kappa shape index (κ3) is 29.2. The van der Waals surface area contributed by atoms with Gasteiger partial charge >= 0.3 is 0 Å². The number of nitrogens with zero attached hydrogens (tertiary/aromatic N) is 3. The van der Waals surface area contributed by atoms with Crippen molar-refractivity contribution in [2.75, 3.05) is 45.4 Å². The van der Waals surface area contributed by atoms with Crippen LogP contribution in [0.15, 0.2) is 169 Å². The zero-order chi connectivity index (χ0) is 85.8. The first-order chi connectivity index (χ1) is 54.9. The van der Waals surface area contributed by atoms with Gasteiger partial charge in [-0.2, -0.15) is 5.10 Å². The Morgan fingerprint density at radius 1 is 0.517 bits per heavy atom. The molecule has 4 aliphatic rings. The summed E-state index contributed by atoms with van der Waals surface area (Å²) in [5.74, 6) is 1.06. The highest BCUT2D eigenvalue weighted by atomic mass is 35.5. The van der Waals surface area contributed by atoms with Gasteiger partial charge in [-0.3, -0.25) is 44.8 Å². The van der Waals surface area contributed by atoms with E-state index in [-0.39, 0.29) is 124 Å². The van der Waals surface area contributed by atoms with E-state index in [1.54, 1.807) is 6.26 Å². The number of carbonyl (C=O) groups excluding carboxylic acids is 4. The maximum atomic E-state index is 14.2. The molecule has 0 aromatic heterocycles. The van der Waals surface area contributed by atoms with Crippen molar-refractivity contribution in [1.29, 1.82) is 0 Å². The van der Waals surface area contributed by atoms with Crippen molar-refractivity contribution in [2.45, 2.75) is 24.1 Å². The van der Waals surface area contributed by atoms with Crippen LogP contribution in [0.3, 0.4) is 0 Å². The summed E-state index contributed by atoms with van der Waals surface area (Å²) in [5.41, 5.74) is 7.44. The summed E-state index contributed by atoms with van der Waals surface area (Å²) >= 11 is 22.2. The van der Waals surface area contributed by atoms with Gasteiger partial charge in [0.05, 0.1) is 52.2 Å². The van der Waals surface area contributed by atoms with Crippen LogP contribution in [0.5, 0.6) is 17.2 Å². The first-order valence-corrected chi connectivity index (χ1v) is 37.5. The normalized spacial score (nSPS) is 14.5. The Labute approximate surface area is 707 Å². The number of nitrogens with two attached hydrogens (primary N) is 2. The van der Waals surface area contributed by atoms with Crippen molar-refractivity contribution < 1.29 is 109 Å². The smallest absolute Gasteiger partial charge is 0.255 e. The standard InChI is InChI=1S/C18H14F3N3O3S.C11H10FNO4.C9H7FO2.C8H6F2OS.C8H6F2S2.C7H3ClF2O.2C7H6F2N2S.2ClH/c19-11-1-3-15(21)13(7-11)17-22-23-18(28-17)10(5-6-24(25)26)9-27-16-4-2-12(20)8-14(16)18;12-8-1-2-10-9(5-8)11(14)7(6-17-10)3-4-13(15)16;10-6-1-2-9-7(5-6)8(11)3-4-12-9;2*1-12-8(11)6-4-5(9)2-3-7(6)10;8-7(11)5-3-4(9)1-2-6(5)10;2*8-4-1-2-6(9)5(3-4)7(12)11-10;;/h1-4,7-8,10,23H,5-6,9H2;1-2,5,7H,3-4,6H2;1-2,5H,3-4H2;2*2-4H,1H3;1-3H;2*1-3H,10H2,(H,11,12);2*1H. The third-order valence-corrected chi connectivity index (χ3v) is 19.9. The topological polar surface area (TPSA) is 283 Å². The molecule has 0 amide bonds. The largest absolute Gasteiger partial charge is 0.493 e. The molecule has 0 aliphatic carbocycles. The number of Topliss-reactive ketones (excluding diaryl/α,β-unsaturated/α-hetero) is 2. The number of ether oxygens (including phenoxy) is 3. The van der Waals surface area contributed by atoms with E-state index in [0.717, 1.165) is 139 Å². The highest BCUT2D eigenvalue weighted by Gasteiger charge is 2.51. The fourth-order valence-electron chi connectivity index (χ4n) is 10.1. The van der Waals surface area contributed by atoms with Gasteiger partial charge in [-0.05, 0) is 188 Å². The lowest BCUT2D eigenvalue weighted by molar-refractivity contribution is -0.482. The van der Waals surface area contributed by atoms with Gasteiger partial charge in [0, 0.05) is 62.8 Å². The Morgan fingerprint density at radius 2 is 0.898 bits per heavy atom. The van der Waals surface area contributed by atoms with E-state index in [1.165, 1.54) is 66.5 Å². The summed E-state index contributed by atoms with van der Waals surface area (Å²) < 4.78 is 210. The van der Waals surface area contributed by atoms with Gasteiger partial charge in [0.15, 0.2) is 11.6 Å². The van der Waals surface area contributed by atoms with Gasteiger partial charge in [-0.25, -0.2) is 77.5 Å². The molecule has 0 saturated carbocycles. The molecule has 43 heteroatoms. The number of hydrazone groups is 1.